The van der Waals surface area contributed by atoms with E-state index in [1.54, 1.807) is 0 Å². The number of rotatable bonds is 3. The highest BCUT2D eigenvalue weighted by molar-refractivity contribution is 5.03. The van der Waals surface area contributed by atoms with Crippen molar-refractivity contribution in [3.63, 3.8) is 0 Å². The van der Waals surface area contributed by atoms with Gasteiger partial charge in [0, 0.05) is 57.8 Å². The van der Waals surface area contributed by atoms with E-state index in [1.807, 2.05) is 0 Å². The number of unbranched alkanes of at least 4 members (excludes halogenated alkanes) is 3. The molecule has 0 unspecified atom stereocenters. The summed E-state index contributed by atoms with van der Waals surface area (Å²) in [6.07, 6.45) is 13.6. The Morgan fingerprint density at radius 1 is 0.366 bits per heavy atom. The van der Waals surface area contributed by atoms with Crippen molar-refractivity contribution in [1.82, 2.24) is 29.4 Å². The van der Waals surface area contributed by atoms with Crippen molar-refractivity contribution in [2.75, 3.05) is 121 Å². The number of piperazine rings is 1. The van der Waals surface area contributed by atoms with Crippen LogP contribution >= 0.6 is 0 Å². The van der Waals surface area contributed by atoms with Crippen LogP contribution in [0.15, 0.2) is 0 Å². The van der Waals surface area contributed by atoms with Gasteiger partial charge >= 0.3 is 0 Å². The van der Waals surface area contributed by atoms with E-state index in [-0.39, 0.29) is 0 Å². The third-order valence-corrected chi connectivity index (χ3v) is 8.01. The van der Waals surface area contributed by atoms with Gasteiger partial charge in [0.15, 0.2) is 0 Å². The van der Waals surface area contributed by atoms with Crippen molar-refractivity contribution >= 4 is 0 Å². The van der Waals surface area contributed by atoms with Crippen LogP contribution in [0.3, 0.4) is 0 Å². The van der Waals surface area contributed by atoms with Gasteiger partial charge < -0.3 is 29.4 Å². The average Bonchev–Trinajstić information content (AvgIpc) is 3.60. The zero-order chi connectivity index (χ0) is 31.5. The van der Waals surface area contributed by atoms with E-state index in [0.29, 0.717) is 0 Å². The molecule has 250 valence electrons. The highest BCUT2D eigenvalue weighted by atomic mass is 15.3. The lowest BCUT2D eigenvalue weighted by Gasteiger charge is -2.58. The van der Waals surface area contributed by atoms with Crippen molar-refractivity contribution in [3.05, 3.63) is 0 Å². The summed E-state index contributed by atoms with van der Waals surface area (Å²) in [5, 5.41) is 0. The predicted octanol–water partition coefficient (Wildman–Crippen LogP) is 6.57. The second-order valence-electron chi connectivity index (χ2n) is 13.5. The van der Waals surface area contributed by atoms with Gasteiger partial charge in [-0.2, -0.15) is 0 Å². The van der Waals surface area contributed by atoms with Crippen LogP contribution in [0.2, 0.25) is 0 Å². The molecule has 5 rings (SSSR count). The fourth-order valence-electron chi connectivity index (χ4n) is 5.41. The molecule has 0 radical (unpaired) electrons. The molecule has 1 spiro atoms. The predicted molar refractivity (Wildman–Crippen MR) is 188 cm³/mol. The summed E-state index contributed by atoms with van der Waals surface area (Å²) in [5.41, 5.74) is 0.740. The van der Waals surface area contributed by atoms with Crippen molar-refractivity contribution < 1.29 is 0 Å². The van der Waals surface area contributed by atoms with E-state index < -0.39 is 0 Å². The summed E-state index contributed by atoms with van der Waals surface area (Å²) in [5.74, 6) is 0. The standard InChI is InChI=1S/C7H14N2.C6H14N2.2C5H11N.C5H12.C4H10.C3H8/c1-8-3-7(4-8)5-9(2)6-7;1-7-3-5-8(2)6-4-7;2*1-6-4-2-3-5-6;1-3-5-4-2;1-3-4-2;1-3-2/h3-6H2,1-2H3;3-6H2,1-2H3;2*2-5H2,1H3;3-5H2,1-2H3;3-4H2,1-2H3;3H2,1-2H3. The van der Waals surface area contributed by atoms with Crippen LogP contribution in [-0.2, 0) is 0 Å². The molecule has 6 nitrogen and oxygen atoms in total. The van der Waals surface area contributed by atoms with E-state index >= 15 is 0 Å². The van der Waals surface area contributed by atoms with Crippen LogP contribution in [-0.4, -0.2) is 150 Å². The summed E-state index contributed by atoms with van der Waals surface area (Å²) >= 11 is 0. The lowest BCUT2D eigenvalue weighted by atomic mass is 9.74. The SMILES string of the molecule is CCC.CCCC.CCCCC.CN1CC2(C1)CN(C)C2.CN1CCCC1.CN1CCCC1.CN1CCN(C)CC1. The first-order valence-electron chi connectivity index (χ1n) is 17.6. The normalized spacial score (nSPS) is 22.2. The Morgan fingerprint density at radius 3 is 0.732 bits per heavy atom. The Hall–Kier alpha value is -0.240. The van der Waals surface area contributed by atoms with Crippen LogP contribution in [0, 0.1) is 5.41 Å². The van der Waals surface area contributed by atoms with Crippen molar-refractivity contribution in [2.24, 2.45) is 5.41 Å². The Kier molecular flexibility index (Phi) is 29.8. The van der Waals surface area contributed by atoms with Crippen LogP contribution in [0.1, 0.15) is 106 Å². The molecule has 0 atom stereocenters. The second kappa shape index (κ2) is 28.5. The summed E-state index contributed by atoms with van der Waals surface area (Å²) in [4.78, 5) is 14.2. The van der Waals surface area contributed by atoms with Gasteiger partial charge in [0.2, 0.25) is 0 Å². The number of hydrogen-bond donors (Lipinski definition) is 0. The molecular weight excluding hydrogens is 504 g/mol. The number of likely N-dealkylation sites (N-methyl/N-ethyl adjacent to an activating group) is 2. The summed E-state index contributed by atoms with van der Waals surface area (Å²) < 4.78 is 0. The molecule has 6 heteroatoms. The summed E-state index contributed by atoms with van der Waals surface area (Å²) in [7, 11) is 13.1. The average molecular weight is 585 g/mol. The minimum Gasteiger partial charge on any atom is -0.306 e. The molecule has 0 aromatic heterocycles. The zero-order valence-corrected chi connectivity index (χ0v) is 30.7. The molecule has 0 aliphatic carbocycles. The van der Waals surface area contributed by atoms with Gasteiger partial charge in [-0.05, 0) is 94.1 Å². The first kappa shape index (κ1) is 42.9. The summed E-state index contributed by atoms with van der Waals surface area (Å²) in [6, 6.07) is 0. The Balaban J connectivity index is 0. The lowest BCUT2D eigenvalue weighted by molar-refractivity contribution is -0.0926. The maximum absolute atomic E-state index is 2.40. The van der Waals surface area contributed by atoms with E-state index in [4.69, 9.17) is 0 Å². The third kappa shape index (κ3) is 25.9. The maximum atomic E-state index is 2.40. The zero-order valence-electron chi connectivity index (χ0n) is 30.7. The van der Waals surface area contributed by atoms with Gasteiger partial charge in [-0.15, -0.1) is 0 Å². The van der Waals surface area contributed by atoms with Crippen LogP contribution in [0.5, 0.6) is 0 Å². The minimum absolute atomic E-state index is 0.740. The van der Waals surface area contributed by atoms with Crippen LogP contribution < -0.4 is 0 Å². The molecule has 0 N–H and O–H groups in total. The topological polar surface area (TPSA) is 19.4 Å². The van der Waals surface area contributed by atoms with Crippen LogP contribution in [0.25, 0.3) is 0 Å². The van der Waals surface area contributed by atoms with Gasteiger partial charge in [-0.25, -0.2) is 0 Å². The van der Waals surface area contributed by atoms with E-state index in [0.717, 1.165) is 5.41 Å². The number of likely N-dealkylation sites (tertiary alicyclic amines) is 4. The fourth-order valence-corrected chi connectivity index (χ4v) is 5.41. The smallest absolute Gasteiger partial charge is 0.0211 e. The molecule has 0 amide bonds. The molecule has 5 saturated heterocycles. The molecule has 0 bridgehead atoms. The Bertz CT molecular complexity index is 451. The van der Waals surface area contributed by atoms with Gasteiger partial charge in [-0.3, -0.25) is 0 Å². The lowest BCUT2D eigenvalue weighted by Crippen LogP contribution is -2.70. The van der Waals surface area contributed by atoms with Crippen molar-refractivity contribution in [1.29, 1.82) is 0 Å². The Morgan fingerprint density at radius 2 is 0.610 bits per heavy atom. The highest BCUT2D eigenvalue weighted by Crippen LogP contribution is 2.37. The molecule has 0 saturated carbocycles. The Labute approximate surface area is 261 Å². The molecule has 5 aliphatic rings. The van der Waals surface area contributed by atoms with E-state index in [2.05, 4.69) is 113 Å². The van der Waals surface area contributed by atoms with E-state index in [9.17, 15) is 0 Å². The molecule has 0 aromatic rings. The van der Waals surface area contributed by atoms with E-state index in [1.165, 1.54) is 143 Å². The quantitative estimate of drug-likeness (QED) is 0.371. The number of hydrogen-bond acceptors (Lipinski definition) is 6. The number of nitrogens with zero attached hydrogens (tertiary/aromatic N) is 6. The first-order chi connectivity index (χ1) is 19.5. The molecule has 5 fully saturated rings. The van der Waals surface area contributed by atoms with Gasteiger partial charge in [0.25, 0.3) is 0 Å². The third-order valence-electron chi connectivity index (χ3n) is 8.01. The molecular formula is C35H80N6. The van der Waals surface area contributed by atoms with Gasteiger partial charge in [0.1, 0.15) is 0 Å². The van der Waals surface area contributed by atoms with Gasteiger partial charge in [-0.1, -0.05) is 80.1 Å². The highest BCUT2D eigenvalue weighted by Gasteiger charge is 2.48. The van der Waals surface area contributed by atoms with Crippen molar-refractivity contribution in [3.8, 4) is 0 Å². The molecule has 0 aromatic carbocycles. The minimum atomic E-state index is 0.740. The maximum Gasteiger partial charge on any atom is 0.0211 e. The molecule has 5 aliphatic heterocycles. The molecule has 41 heavy (non-hydrogen) atoms. The second-order valence-corrected chi connectivity index (χ2v) is 13.5. The first-order valence-corrected chi connectivity index (χ1v) is 17.6. The summed E-state index contributed by atoms with van der Waals surface area (Å²) in [6.45, 7) is 28.6. The van der Waals surface area contributed by atoms with Crippen LogP contribution in [0.4, 0.5) is 0 Å². The largest absolute Gasteiger partial charge is 0.306 e. The fraction of sp³-hybridized carbons (Fsp3) is 1.00. The van der Waals surface area contributed by atoms with Crippen molar-refractivity contribution in [2.45, 2.75) is 106 Å². The monoisotopic (exact) mass is 585 g/mol. The van der Waals surface area contributed by atoms with Gasteiger partial charge in [0.05, 0.1) is 0 Å². The molecule has 5 heterocycles.